The summed E-state index contributed by atoms with van der Waals surface area (Å²) in [6.45, 7) is 2.19. The molecule has 144 valence electrons. The van der Waals surface area contributed by atoms with E-state index in [1.807, 2.05) is 12.1 Å². The molecule has 0 atom stereocenters. The lowest BCUT2D eigenvalue weighted by Gasteiger charge is -2.35. The summed E-state index contributed by atoms with van der Waals surface area (Å²) >= 11 is 0. The van der Waals surface area contributed by atoms with Crippen molar-refractivity contribution in [2.24, 2.45) is 0 Å². The van der Waals surface area contributed by atoms with E-state index >= 15 is 0 Å². The van der Waals surface area contributed by atoms with Gasteiger partial charge in [-0.05, 0) is 48.5 Å². The standard InChI is InChI=1S/C21H19FN2O4/c22-17-5-1-15(2-6-17)21(28)16-3-7-18(8-4-16)23-11-13-24(14-12-23)19(25)9-10-20(26)27/h1-10H,11-14H2,(H,26,27)/b10-9+. The van der Waals surface area contributed by atoms with Crippen molar-refractivity contribution in [2.75, 3.05) is 31.1 Å². The zero-order valence-corrected chi connectivity index (χ0v) is 15.0. The zero-order chi connectivity index (χ0) is 20.1. The number of carboxylic acids is 1. The monoisotopic (exact) mass is 382 g/mol. The molecule has 7 heteroatoms. The maximum atomic E-state index is 13.0. The molecule has 1 aliphatic heterocycles. The predicted molar refractivity (Wildman–Crippen MR) is 102 cm³/mol. The van der Waals surface area contributed by atoms with Crippen LogP contribution in [0, 0.1) is 5.82 Å². The Hall–Kier alpha value is -3.48. The predicted octanol–water partition coefficient (Wildman–Crippen LogP) is 2.35. The molecule has 6 nitrogen and oxygen atoms in total. The second-order valence-electron chi connectivity index (χ2n) is 6.37. The Balaban J connectivity index is 1.60. The SMILES string of the molecule is O=C(O)/C=C/C(=O)N1CCN(c2ccc(C(=O)c3ccc(F)cc3)cc2)CC1. The van der Waals surface area contributed by atoms with Crippen LogP contribution in [0.1, 0.15) is 15.9 Å². The molecule has 2 aromatic rings. The molecule has 0 bridgehead atoms. The van der Waals surface area contributed by atoms with Gasteiger partial charge in [0.15, 0.2) is 5.78 Å². The lowest BCUT2D eigenvalue weighted by Crippen LogP contribution is -2.48. The summed E-state index contributed by atoms with van der Waals surface area (Å²) in [5.74, 6) is -2.03. The molecule has 0 saturated carbocycles. The molecule has 1 aliphatic rings. The third kappa shape index (κ3) is 4.62. The van der Waals surface area contributed by atoms with Crippen LogP contribution in [0.2, 0.25) is 0 Å². The van der Waals surface area contributed by atoms with E-state index in [0.717, 1.165) is 17.8 Å². The van der Waals surface area contributed by atoms with Gasteiger partial charge < -0.3 is 14.9 Å². The molecule has 1 amide bonds. The average molecular weight is 382 g/mol. The fraction of sp³-hybridized carbons (Fsp3) is 0.190. The molecule has 28 heavy (non-hydrogen) atoms. The van der Waals surface area contributed by atoms with E-state index in [2.05, 4.69) is 4.90 Å². The van der Waals surface area contributed by atoms with Crippen molar-refractivity contribution in [3.8, 4) is 0 Å². The van der Waals surface area contributed by atoms with E-state index in [4.69, 9.17) is 5.11 Å². The molecular formula is C21H19FN2O4. The van der Waals surface area contributed by atoms with Gasteiger partial charge >= 0.3 is 5.97 Å². The van der Waals surface area contributed by atoms with Crippen molar-refractivity contribution in [1.29, 1.82) is 0 Å². The quantitative estimate of drug-likeness (QED) is 0.634. The number of piperazine rings is 1. The van der Waals surface area contributed by atoms with Gasteiger partial charge in [-0.25, -0.2) is 9.18 Å². The Kier molecular flexibility index (Phi) is 5.84. The molecule has 0 aliphatic carbocycles. The Morgan fingerprint density at radius 1 is 0.821 bits per heavy atom. The first-order valence-corrected chi connectivity index (χ1v) is 8.79. The molecule has 1 fully saturated rings. The number of hydrogen-bond acceptors (Lipinski definition) is 4. The van der Waals surface area contributed by atoms with Crippen molar-refractivity contribution >= 4 is 23.3 Å². The van der Waals surface area contributed by atoms with Gasteiger partial charge in [0.2, 0.25) is 5.91 Å². The molecule has 0 radical (unpaired) electrons. The van der Waals surface area contributed by atoms with Gasteiger partial charge in [0.1, 0.15) is 5.82 Å². The Labute approximate surface area is 161 Å². The van der Waals surface area contributed by atoms with E-state index in [1.165, 1.54) is 24.3 Å². The Bertz CT molecular complexity index is 899. The minimum absolute atomic E-state index is 0.174. The lowest BCUT2D eigenvalue weighted by atomic mass is 10.0. The van der Waals surface area contributed by atoms with Gasteiger partial charge in [-0.2, -0.15) is 0 Å². The van der Waals surface area contributed by atoms with Crippen molar-refractivity contribution in [2.45, 2.75) is 0 Å². The number of anilines is 1. The number of amides is 1. The number of halogens is 1. The van der Waals surface area contributed by atoms with Crippen molar-refractivity contribution in [3.05, 3.63) is 77.6 Å². The van der Waals surface area contributed by atoms with E-state index in [-0.39, 0.29) is 17.5 Å². The van der Waals surface area contributed by atoms with Gasteiger partial charge in [0, 0.05) is 55.1 Å². The third-order valence-corrected chi connectivity index (χ3v) is 4.56. The highest BCUT2D eigenvalue weighted by atomic mass is 19.1. The minimum Gasteiger partial charge on any atom is -0.478 e. The van der Waals surface area contributed by atoms with Crippen LogP contribution in [0.15, 0.2) is 60.7 Å². The second-order valence-corrected chi connectivity index (χ2v) is 6.37. The lowest BCUT2D eigenvalue weighted by molar-refractivity contribution is -0.132. The second kappa shape index (κ2) is 8.47. The topological polar surface area (TPSA) is 77.9 Å². The van der Waals surface area contributed by atoms with E-state index in [1.54, 1.807) is 17.0 Å². The van der Waals surface area contributed by atoms with Gasteiger partial charge in [-0.3, -0.25) is 9.59 Å². The van der Waals surface area contributed by atoms with Crippen molar-refractivity contribution < 1.29 is 23.9 Å². The van der Waals surface area contributed by atoms with Gasteiger partial charge in [0.05, 0.1) is 0 Å². The molecule has 1 N–H and O–H groups in total. The molecule has 1 saturated heterocycles. The first-order valence-electron chi connectivity index (χ1n) is 8.79. The normalized spacial score (nSPS) is 14.3. The van der Waals surface area contributed by atoms with Crippen LogP contribution < -0.4 is 4.90 Å². The number of carboxylic acid groups (broad SMARTS) is 1. The maximum Gasteiger partial charge on any atom is 0.328 e. The van der Waals surface area contributed by atoms with Crippen molar-refractivity contribution in [3.63, 3.8) is 0 Å². The van der Waals surface area contributed by atoms with E-state index in [9.17, 15) is 18.8 Å². The number of ketones is 1. The molecule has 0 unspecified atom stereocenters. The first kappa shape index (κ1) is 19.3. The fourth-order valence-electron chi connectivity index (χ4n) is 3.02. The van der Waals surface area contributed by atoms with Gasteiger partial charge in [-0.15, -0.1) is 0 Å². The first-order chi connectivity index (χ1) is 13.4. The van der Waals surface area contributed by atoms with Gasteiger partial charge in [-0.1, -0.05) is 0 Å². The summed E-state index contributed by atoms with van der Waals surface area (Å²) in [4.78, 5) is 38.6. The maximum absolute atomic E-state index is 13.0. The molecular weight excluding hydrogens is 363 g/mol. The zero-order valence-electron chi connectivity index (χ0n) is 15.0. The number of benzene rings is 2. The highest BCUT2D eigenvalue weighted by Crippen LogP contribution is 2.19. The van der Waals surface area contributed by atoms with Crippen LogP contribution in [0.25, 0.3) is 0 Å². The molecule has 2 aromatic carbocycles. The van der Waals surface area contributed by atoms with Crippen LogP contribution in [0.3, 0.4) is 0 Å². The van der Waals surface area contributed by atoms with E-state index in [0.29, 0.717) is 37.3 Å². The minimum atomic E-state index is -1.15. The Morgan fingerprint density at radius 2 is 1.36 bits per heavy atom. The number of carbonyl (C=O) groups is 3. The number of hydrogen-bond donors (Lipinski definition) is 1. The summed E-state index contributed by atoms with van der Waals surface area (Å²) in [5, 5.41) is 8.59. The van der Waals surface area contributed by atoms with Crippen LogP contribution in [0.4, 0.5) is 10.1 Å². The average Bonchev–Trinajstić information content (AvgIpc) is 2.72. The highest BCUT2D eigenvalue weighted by molar-refractivity contribution is 6.09. The third-order valence-electron chi connectivity index (χ3n) is 4.56. The number of aliphatic carboxylic acids is 1. The smallest absolute Gasteiger partial charge is 0.328 e. The van der Waals surface area contributed by atoms with Crippen molar-refractivity contribution in [1.82, 2.24) is 4.90 Å². The number of nitrogens with zero attached hydrogens (tertiary/aromatic N) is 2. The molecule has 1 heterocycles. The fourth-order valence-corrected chi connectivity index (χ4v) is 3.02. The van der Waals surface area contributed by atoms with Crippen LogP contribution >= 0.6 is 0 Å². The molecule has 3 rings (SSSR count). The summed E-state index contributed by atoms with van der Waals surface area (Å²) in [7, 11) is 0. The summed E-state index contributed by atoms with van der Waals surface area (Å²) in [6.07, 6.45) is 1.90. The molecule has 0 aromatic heterocycles. The largest absolute Gasteiger partial charge is 0.478 e. The Morgan fingerprint density at radius 3 is 1.89 bits per heavy atom. The van der Waals surface area contributed by atoms with Gasteiger partial charge in [0.25, 0.3) is 0 Å². The van der Waals surface area contributed by atoms with E-state index < -0.39 is 5.97 Å². The molecule has 0 spiro atoms. The highest BCUT2D eigenvalue weighted by Gasteiger charge is 2.20. The summed E-state index contributed by atoms with van der Waals surface area (Å²) < 4.78 is 13.0. The van der Waals surface area contributed by atoms with Crippen LogP contribution in [-0.2, 0) is 9.59 Å². The van der Waals surface area contributed by atoms with Crippen LogP contribution in [-0.4, -0.2) is 53.8 Å². The van der Waals surface area contributed by atoms with Crippen LogP contribution in [0.5, 0.6) is 0 Å². The summed E-state index contributed by atoms with van der Waals surface area (Å²) in [5.41, 5.74) is 1.88. The number of rotatable bonds is 5. The summed E-state index contributed by atoms with van der Waals surface area (Å²) in [6, 6.07) is 12.6. The number of carbonyl (C=O) groups excluding carboxylic acids is 2.